The van der Waals surface area contributed by atoms with Crippen LogP contribution in [0.1, 0.15) is 290 Å². The third kappa shape index (κ3) is 21.7. The molecule has 0 radical (unpaired) electrons. The maximum absolute atomic E-state index is 14.5. The van der Waals surface area contributed by atoms with Gasteiger partial charge in [-0.15, -0.1) is 0 Å². The monoisotopic (exact) mass is 933 g/mol. The van der Waals surface area contributed by atoms with Gasteiger partial charge < -0.3 is 20.1 Å². The van der Waals surface area contributed by atoms with Crippen LogP contribution in [0.2, 0.25) is 0 Å². The van der Waals surface area contributed by atoms with Crippen molar-refractivity contribution in [2.24, 2.45) is 5.41 Å². The van der Waals surface area contributed by atoms with Gasteiger partial charge in [-0.05, 0) is 74.3 Å². The summed E-state index contributed by atoms with van der Waals surface area (Å²) >= 11 is 0. The molecule has 6 nitrogen and oxygen atoms in total. The molecule has 2 rings (SSSR count). The molecule has 0 aliphatic heterocycles. The Morgan fingerprint density at radius 1 is 0.403 bits per heavy atom. The summed E-state index contributed by atoms with van der Waals surface area (Å²) in [6.45, 7) is 26.8. The van der Waals surface area contributed by atoms with E-state index in [-0.39, 0.29) is 30.9 Å². The molecule has 67 heavy (non-hydrogen) atoms. The van der Waals surface area contributed by atoms with Crippen LogP contribution in [-0.2, 0) is 48.8 Å². The van der Waals surface area contributed by atoms with E-state index in [1.807, 2.05) is 107 Å². The van der Waals surface area contributed by atoms with Crippen LogP contribution in [0.15, 0.2) is 24.3 Å². The average molecular weight is 933 g/mol. The highest BCUT2D eigenvalue weighted by Gasteiger charge is 2.49. The zero-order valence-corrected chi connectivity index (χ0v) is 45.9. The van der Waals surface area contributed by atoms with Crippen molar-refractivity contribution in [1.82, 2.24) is 0 Å². The lowest BCUT2D eigenvalue weighted by molar-refractivity contribution is -0.169. The normalized spacial score (nSPS) is 12.8. The molecule has 2 aromatic carbocycles. The topological polar surface area (TPSA) is 104 Å². The predicted octanol–water partition coefficient (Wildman–Crippen LogP) is 17.8. The minimum absolute atomic E-state index is 0.107. The van der Waals surface area contributed by atoms with Crippen molar-refractivity contribution >= 4 is 11.9 Å². The van der Waals surface area contributed by atoms with Crippen LogP contribution in [0.25, 0.3) is 0 Å². The third-order valence-corrected chi connectivity index (χ3v) is 14.1. The Hall–Kier alpha value is -3.02. The molecule has 0 fully saturated rings. The summed E-state index contributed by atoms with van der Waals surface area (Å²) in [6, 6.07) is 7.48. The van der Waals surface area contributed by atoms with Gasteiger partial charge in [-0.1, -0.05) is 275 Å². The second kappa shape index (κ2) is 29.2. The molecule has 0 heterocycles. The van der Waals surface area contributed by atoms with Crippen LogP contribution in [-0.4, -0.2) is 33.9 Å². The number of rotatable bonds is 33. The van der Waals surface area contributed by atoms with Crippen LogP contribution in [0.3, 0.4) is 0 Å². The number of unbranched alkanes of at least 4 members (excludes halogenated alkanes) is 25. The number of phenols is 2. The number of benzene rings is 2. The van der Waals surface area contributed by atoms with Gasteiger partial charge in [-0.25, -0.2) is 0 Å². The molecule has 2 aromatic rings. The van der Waals surface area contributed by atoms with Crippen molar-refractivity contribution in [3.8, 4) is 11.5 Å². The molecule has 0 atom stereocenters. The molecule has 0 aliphatic carbocycles. The minimum atomic E-state index is -1.95. The highest BCUT2D eigenvalue weighted by molar-refractivity contribution is 6.00. The summed E-state index contributed by atoms with van der Waals surface area (Å²) < 4.78 is 5.99. The Kier molecular flexibility index (Phi) is 26.2. The molecular weight excluding hydrogens is 829 g/mol. The Morgan fingerprint density at radius 3 is 0.836 bits per heavy atom. The first-order chi connectivity index (χ1) is 31.4. The SMILES string of the molecule is CCCCCCCCCCCCCCCCCCCCCCCCCCCCOC(=O)C(Cc1cc(C(C)(C)C)c(O)c(C(C)(C)C)c1)(Cc1cc(C(C)(C)C)c(O)c(C(C)(C)C)c1)C(=O)O. The van der Waals surface area contributed by atoms with Crippen molar-refractivity contribution in [2.75, 3.05) is 6.61 Å². The van der Waals surface area contributed by atoms with E-state index in [1.165, 1.54) is 141 Å². The number of esters is 1. The number of carbonyl (C=O) groups excluding carboxylic acids is 1. The van der Waals surface area contributed by atoms with E-state index in [0.29, 0.717) is 39.8 Å². The second-order valence-corrected chi connectivity index (χ2v) is 24.8. The van der Waals surface area contributed by atoms with Crippen molar-refractivity contribution in [2.45, 2.75) is 291 Å². The Morgan fingerprint density at radius 2 is 0.627 bits per heavy atom. The Bertz CT molecular complexity index is 1570. The maximum atomic E-state index is 14.5. The molecule has 0 bridgehead atoms. The summed E-state index contributed by atoms with van der Waals surface area (Å²) in [4.78, 5) is 28.3. The van der Waals surface area contributed by atoms with E-state index in [1.54, 1.807) is 0 Å². The first-order valence-corrected chi connectivity index (χ1v) is 27.5. The Labute approximate surface area is 412 Å². The van der Waals surface area contributed by atoms with Gasteiger partial charge in [-0.3, -0.25) is 9.59 Å². The number of carboxylic acid groups (broad SMARTS) is 1. The van der Waals surface area contributed by atoms with Crippen molar-refractivity contribution in [3.63, 3.8) is 0 Å². The molecule has 0 aromatic heterocycles. The lowest BCUT2D eigenvalue weighted by atomic mass is 9.71. The van der Waals surface area contributed by atoms with Gasteiger partial charge in [0.05, 0.1) is 6.61 Å². The van der Waals surface area contributed by atoms with E-state index in [2.05, 4.69) is 6.92 Å². The van der Waals surface area contributed by atoms with Gasteiger partial charge in [0, 0.05) is 0 Å². The van der Waals surface area contributed by atoms with E-state index in [9.17, 15) is 24.9 Å². The van der Waals surface area contributed by atoms with Crippen LogP contribution in [0.4, 0.5) is 0 Å². The van der Waals surface area contributed by atoms with E-state index in [0.717, 1.165) is 19.3 Å². The quantitative estimate of drug-likeness (QED) is 0.0374. The standard InChI is InChI=1S/C61H104O6/c1-14-15-16-17-18-19-20-21-22-23-24-25-26-27-28-29-30-31-32-33-34-35-36-37-38-39-40-67-56(66)61(55(64)65,45-47-41-49(57(2,3)4)53(62)50(42-47)58(5,6)7)46-48-43-51(59(8,9)10)54(63)52(44-48)60(11,12)13/h41-44,62-63H,14-40,45-46H2,1-13H3,(H,64,65). The zero-order chi connectivity index (χ0) is 50.3. The highest BCUT2D eigenvalue weighted by Crippen LogP contribution is 2.44. The molecule has 0 aliphatic rings. The number of carbonyl (C=O) groups is 2. The molecule has 0 amide bonds. The maximum Gasteiger partial charge on any atom is 0.324 e. The number of hydrogen-bond acceptors (Lipinski definition) is 5. The van der Waals surface area contributed by atoms with Crippen LogP contribution in [0.5, 0.6) is 11.5 Å². The fraction of sp³-hybridized carbons (Fsp3) is 0.770. The molecule has 0 unspecified atom stereocenters. The van der Waals surface area contributed by atoms with Crippen LogP contribution >= 0.6 is 0 Å². The number of aromatic hydroxyl groups is 2. The minimum Gasteiger partial charge on any atom is -0.507 e. The lowest BCUT2D eigenvalue weighted by Crippen LogP contribution is -2.45. The molecule has 0 saturated carbocycles. The van der Waals surface area contributed by atoms with E-state index < -0.39 is 39.0 Å². The number of carboxylic acids is 1. The van der Waals surface area contributed by atoms with E-state index in [4.69, 9.17) is 4.74 Å². The zero-order valence-electron chi connectivity index (χ0n) is 45.9. The molecule has 0 spiro atoms. The Balaban J connectivity index is 1.92. The van der Waals surface area contributed by atoms with Gasteiger partial charge >= 0.3 is 11.9 Å². The molecule has 6 heteroatoms. The van der Waals surface area contributed by atoms with Gasteiger partial charge in [0.2, 0.25) is 0 Å². The van der Waals surface area contributed by atoms with Crippen LogP contribution < -0.4 is 0 Å². The first-order valence-electron chi connectivity index (χ1n) is 27.5. The summed E-state index contributed by atoms with van der Waals surface area (Å²) in [5, 5.41) is 34.3. The molecule has 3 N–H and O–H groups in total. The largest absolute Gasteiger partial charge is 0.507 e. The summed E-state index contributed by atoms with van der Waals surface area (Å²) in [5.74, 6) is -1.58. The van der Waals surface area contributed by atoms with E-state index >= 15 is 0 Å². The van der Waals surface area contributed by atoms with Crippen molar-refractivity contribution < 1.29 is 29.6 Å². The van der Waals surface area contributed by atoms with Crippen molar-refractivity contribution in [1.29, 1.82) is 0 Å². The van der Waals surface area contributed by atoms with Gasteiger partial charge in [0.1, 0.15) is 11.5 Å². The summed E-state index contributed by atoms with van der Waals surface area (Å²) in [6.07, 6.45) is 34.2. The average Bonchev–Trinajstić information content (AvgIpc) is 3.22. The smallest absolute Gasteiger partial charge is 0.324 e. The van der Waals surface area contributed by atoms with Gasteiger partial charge in [-0.2, -0.15) is 0 Å². The fourth-order valence-electron chi connectivity index (χ4n) is 9.74. The number of phenolic OH excluding ortho intramolecular Hbond substituents is 2. The number of hydrogen-bond donors (Lipinski definition) is 3. The molecule has 0 saturated heterocycles. The van der Waals surface area contributed by atoms with Gasteiger partial charge in [0.15, 0.2) is 5.41 Å². The highest BCUT2D eigenvalue weighted by atomic mass is 16.5. The van der Waals surface area contributed by atoms with Crippen LogP contribution in [0, 0.1) is 5.41 Å². The fourth-order valence-corrected chi connectivity index (χ4v) is 9.74. The summed E-state index contributed by atoms with van der Waals surface area (Å²) in [5.41, 5.74) is 0.492. The summed E-state index contributed by atoms with van der Waals surface area (Å²) in [7, 11) is 0. The lowest BCUT2D eigenvalue weighted by Gasteiger charge is -2.33. The first kappa shape index (κ1) is 60.1. The van der Waals surface area contributed by atoms with Crippen molar-refractivity contribution in [3.05, 3.63) is 57.6 Å². The predicted molar refractivity (Wildman–Crippen MR) is 285 cm³/mol. The van der Waals surface area contributed by atoms with Gasteiger partial charge in [0.25, 0.3) is 0 Å². The number of aliphatic carboxylic acids is 1. The molecule has 384 valence electrons. The number of ether oxygens (including phenoxy) is 1. The third-order valence-electron chi connectivity index (χ3n) is 14.1. The molecular formula is C61H104O6. The second-order valence-electron chi connectivity index (χ2n) is 24.8.